The molecule has 2 unspecified atom stereocenters. The molecule has 2 aromatic rings. The van der Waals surface area contributed by atoms with Crippen LogP contribution in [0.25, 0.3) is 11.0 Å². The van der Waals surface area contributed by atoms with E-state index in [0.29, 0.717) is 5.92 Å². The Kier molecular flexibility index (Phi) is 4.93. The van der Waals surface area contributed by atoms with Gasteiger partial charge in [-0.2, -0.15) is 0 Å². The zero-order chi connectivity index (χ0) is 16.8. The lowest BCUT2D eigenvalue weighted by Gasteiger charge is -2.27. The van der Waals surface area contributed by atoms with E-state index < -0.39 is 0 Å². The summed E-state index contributed by atoms with van der Waals surface area (Å²) in [5.74, 6) is 2.64. The van der Waals surface area contributed by atoms with Crippen LogP contribution in [-0.4, -0.2) is 73.3 Å². The van der Waals surface area contributed by atoms with E-state index in [1.165, 1.54) is 11.1 Å². The van der Waals surface area contributed by atoms with Crippen molar-refractivity contribution in [2.24, 2.45) is 5.92 Å². The standard InChI is InChI=1S/C18H27N5O.CH4/c1-21(2)9-12-8-19-18-20-15-5-6-16-14(17(15)23(18)10-12)7-13(24-16)11-22(3)4;/h5-6,12-13H,7-11H2,1-4H3,(H,19,20);1H4. The normalized spacial score (nSPS) is 21.7. The van der Waals surface area contributed by atoms with Crippen LogP contribution in [-0.2, 0) is 13.0 Å². The molecule has 25 heavy (non-hydrogen) atoms. The van der Waals surface area contributed by atoms with Gasteiger partial charge in [-0.1, -0.05) is 7.43 Å². The number of hydrogen-bond acceptors (Lipinski definition) is 5. The molecule has 0 radical (unpaired) electrons. The second-order valence-electron chi connectivity index (χ2n) is 7.67. The third-order valence-electron chi connectivity index (χ3n) is 4.88. The Morgan fingerprint density at radius 3 is 2.68 bits per heavy atom. The van der Waals surface area contributed by atoms with Crippen molar-refractivity contribution < 1.29 is 4.74 Å². The molecule has 0 fully saturated rings. The number of rotatable bonds is 4. The molecular formula is C19H31N5O. The van der Waals surface area contributed by atoms with E-state index in [0.717, 1.165) is 49.8 Å². The zero-order valence-electron chi connectivity index (χ0n) is 15.0. The molecule has 0 saturated carbocycles. The van der Waals surface area contributed by atoms with Crippen LogP contribution in [0.2, 0.25) is 0 Å². The van der Waals surface area contributed by atoms with Crippen molar-refractivity contribution >= 4 is 17.0 Å². The molecule has 6 nitrogen and oxygen atoms in total. The fourth-order valence-corrected chi connectivity index (χ4v) is 4.05. The van der Waals surface area contributed by atoms with E-state index >= 15 is 0 Å². The van der Waals surface area contributed by atoms with Crippen LogP contribution < -0.4 is 10.1 Å². The van der Waals surface area contributed by atoms with E-state index in [-0.39, 0.29) is 13.5 Å². The van der Waals surface area contributed by atoms with Gasteiger partial charge in [0.15, 0.2) is 0 Å². The predicted octanol–water partition coefficient (Wildman–Crippen LogP) is 2.14. The summed E-state index contributed by atoms with van der Waals surface area (Å²) in [5, 5.41) is 3.52. The average molecular weight is 345 g/mol. The van der Waals surface area contributed by atoms with Gasteiger partial charge in [-0.25, -0.2) is 4.98 Å². The quantitative estimate of drug-likeness (QED) is 0.920. The fraction of sp³-hybridized carbons (Fsp3) is 0.632. The van der Waals surface area contributed by atoms with Crippen LogP contribution >= 0.6 is 0 Å². The molecule has 138 valence electrons. The lowest BCUT2D eigenvalue weighted by Crippen LogP contribution is -2.34. The van der Waals surface area contributed by atoms with Crippen molar-refractivity contribution in [1.82, 2.24) is 19.4 Å². The molecule has 4 rings (SSSR count). The molecule has 2 aliphatic heterocycles. The maximum absolute atomic E-state index is 6.17. The lowest BCUT2D eigenvalue weighted by atomic mass is 10.1. The summed E-state index contributed by atoms with van der Waals surface area (Å²) in [4.78, 5) is 9.25. The molecule has 0 saturated heterocycles. The largest absolute Gasteiger partial charge is 0.488 e. The number of imidazole rings is 1. The fourth-order valence-electron chi connectivity index (χ4n) is 4.05. The van der Waals surface area contributed by atoms with Gasteiger partial charge in [-0.15, -0.1) is 0 Å². The first kappa shape index (κ1) is 18.0. The Bertz CT molecular complexity index is 752. The molecule has 1 aromatic heterocycles. The van der Waals surface area contributed by atoms with Crippen LogP contribution in [0.15, 0.2) is 12.1 Å². The molecule has 1 aromatic carbocycles. The highest BCUT2D eigenvalue weighted by atomic mass is 16.5. The Morgan fingerprint density at radius 2 is 1.96 bits per heavy atom. The van der Waals surface area contributed by atoms with Crippen LogP contribution in [0.5, 0.6) is 5.75 Å². The molecular weight excluding hydrogens is 314 g/mol. The molecule has 6 heteroatoms. The molecule has 0 spiro atoms. The van der Waals surface area contributed by atoms with Crippen LogP contribution in [0.4, 0.5) is 5.95 Å². The summed E-state index contributed by atoms with van der Waals surface area (Å²) in [6, 6.07) is 4.18. The summed E-state index contributed by atoms with van der Waals surface area (Å²) in [6.07, 6.45) is 1.20. The van der Waals surface area contributed by atoms with Crippen LogP contribution in [0, 0.1) is 5.92 Å². The summed E-state index contributed by atoms with van der Waals surface area (Å²) in [5.41, 5.74) is 3.67. The van der Waals surface area contributed by atoms with Gasteiger partial charge >= 0.3 is 0 Å². The van der Waals surface area contributed by atoms with Crippen molar-refractivity contribution in [2.75, 3.05) is 53.1 Å². The monoisotopic (exact) mass is 345 g/mol. The predicted molar refractivity (Wildman–Crippen MR) is 104 cm³/mol. The minimum atomic E-state index is 0. The van der Waals surface area contributed by atoms with Crippen LogP contribution in [0.3, 0.4) is 0 Å². The van der Waals surface area contributed by atoms with E-state index in [9.17, 15) is 0 Å². The first-order valence-electron chi connectivity index (χ1n) is 8.73. The third-order valence-corrected chi connectivity index (χ3v) is 4.88. The number of hydrogen-bond donors (Lipinski definition) is 1. The highest BCUT2D eigenvalue weighted by molar-refractivity contribution is 5.85. The van der Waals surface area contributed by atoms with Crippen molar-refractivity contribution in [3.05, 3.63) is 17.7 Å². The average Bonchev–Trinajstić information content (AvgIpc) is 3.05. The number of anilines is 1. The molecule has 2 atom stereocenters. The molecule has 0 aliphatic carbocycles. The van der Waals surface area contributed by atoms with Gasteiger partial charge in [0.1, 0.15) is 11.9 Å². The number of nitrogens with one attached hydrogen (secondary N) is 1. The molecule has 0 bridgehead atoms. The summed E-state index contributed by atoms with van der Waals surface area (Å²) < 4.78 is 8.53. The van der Waals surface area contributed by atoms with Gasteiger partial charge in [0.25, 0.3) is 0 Å². The second kappa shape index (κ2) is 6.84. The van der Waals surface area contributed by atoms with Gasteiger partial charge in [0.2, 0.25) is 5.95 Å². The third kappa shape index (κ3) is 3.33. The van der Waals surface area contributed by atoms with Gasteiger partial charge in [0, 0.05) is 44.1 Å². The van der Waals surface area contributed by atoms with Crippen molar-refractivity contribution in [1.29, 1.82) is 0 Å². The molecule has 2 aliphatic rings. The highest BCUT2D eigenvalue weighted by Gasteiger charge is 2.30. The number of aromatic nitrogens is 2. The van der Waals surface area contributed by atoms with E-state index in [2.05, 4.69) is 60.0 Å². The van der Waals surface area contributed by atoms with Gasteiger partial charge in [0.05, 0.1) is 11.0 Å². The number of nitrogens with zero attached hydrogens (tertiary/aromatic N) is 4. The molecule has 1 N–H and O–H groups in total. The Morgan fingerprint density at radius 1 is 1.20 bits per heavy atom. The van der Waals surface area contributed by atoms with E-state index in [1.54, 1.807) is 0 Å². The summed E-state index contributed by atoms with van der Waals surface area (Å²) in [6.45, 7) is 4.04. The topological polar surface area (TPSA) is 45.6 Å². The minimum Gasteiger partial charge on any atom is -0.488 e. The minimum absolute atomic E-state index is 0. The van der Waals surface area contributed by atoms with E-state index in [4.69, 9.17) is 9.72 Å². The Labute approximate surface area is 150 Å². The van der Waals surface area contributed by atoms with Gasteiger partial charge < -0.3 is 24.4 Å². The lowest BCUT2D eigenvalue weighted by molar-refractivity contribution is 0.184. The van der Waals surface area contributed by atoms with Gasteiger partial charge in [-0.05, 0) is 40.3 Å². The maximum atomic E-state index is 6.17. The Hall–Kier alpha value is -1.79. The summed E-state index contributed by atoms with van der Waals surface area (Å²) >= 11 is 0. The van der Waals surface area contributed by atoms with E-state index in [1.807, 2.05) is 0 Å². The van der Waals surface area contributed by atoms with Gasteiger partial charge in [-0.3, -0.25) is 0 Å². The SMILES string of the molecule is C.CN(C)CC1CNc2nc3ccc4c(c3n2C1)CC(CN(C)C)O4. The Balaban J connectivity index is 0.00000182. The summed E-state index contributed by atoms with van der Waals surface area (Å²) in [7, 11) is 8.47. The number of benzene rings is 1. The smallest absolute Gasteiger partial charge is 0.203 e. The first-order chi connectivity index (χ1) is 11.5. The maximum Gasteiger partial charge on any atom is 0.203 e. The number of ether oxygens (including phenoxy) is 1. The van der Waals surface area contributed by atoms with Crippen molar-refractivity contribution in [2.45, 2.75) is 26.5 Å². The first-order valence-corrected chi connectivity index (χ1v) is 8.73. The number of fused-ring (bicyclic) bond motifs is 5. The second-order valence-corrected chi connectivity index (χ2v) is 7.67. The van der Waals surface area contributed by atoms with Crippen LogP contribution in [0.1, 0.15) is 13.0 Å². The zero-order valence-corrected chi connectivity index (χ0v) is 15.0. The molecule has 3 heterocycles. The van der Waals surface area contributed by atoms with Crippen molar-refractivity contribution in [3.8, 4) is 5.75 Å². The van der Waals surface area contributed by atoms with Crippen molar-refractivity contribution in [3.63, 3.8) is 0 Å². The molecule has 0 amide bonds. The highest BCUT2D eigenvalue weighted by Crippen LogP contribution is 2.37. The number of likely N-dealkylation sites (N-methyl/N-ethyl adjacent to an activating group) is 1.